The Hall–Kier alpha value is -2.43. The minimum Gasteiger partial charge on any atom is -0.508 e. The summed E-state index contributed by atoms with van der Waals surface area (Å²) < 4.78 is 10.8. The number of benzene rings is 3. The zero-order valence-electron chi connectivity index (χ0n) is 13.7. The van der Waals surface area contributed by atoms with Crippen LogP contribution in [-0.2, 0) is 4.74 Å². The molecule has 6 heteroatoms. The fourth-order valence-electron chi connectivity index (χ4n) is 2.56. The average molecular weight is 391 g/mol. The van der Waals surface area contributed by atoms with Crippen LogP contribution in [0.25, 0.3) is 10.8 Å². The Bertz CT molecular complexity index is 912. The van der Waals surface area contributed by atoms with Crippen LogP contribution in [0.3, 0.4) is 0 Å². The lowest BCUT2D eigenvalue weighted by Gasteiger charge is -2.11. The lowest BCUT2D eigenvalue weighted by atomic mass is 10.1. The fraction of sp³-hybridized carbons (Fsp3) is 0.150. The Labute approximate surface area is 160 Å². The summed E-state index contributed by atoms with van der Waals surface area (Å²) in [6.07, 6.45) is 0.476. The summed E-state index contributed by atoms with van der Waals surface area (Å²) in [4.78, 5) is 12.3. The summed E-state index contributed by atoms with van der Waals surface area (Å²) in [5.74, 6) is -0.106. The van der Waals surface area contributed by atoms with Crippen molar-refractivity contribution in [3.8, 4) is 11.5 Å². The van der Waals surface area contributed by atoms with E-state index in [9.17, 15) is 9.90 Å². The van der Waals surface area contributed by atoms with Crippen LogP contribution in [0.5, 0.6) is 11.5 Å². The summed E-state index contributed by atoms with van der Waals surface area (Å²) >= 11 is 12.0. The van der Waals surface area contributed by atoms with Crippen LogP contribution in [0.2, 0.25) is 10.0 Å². The second-order valence-corrected chi connectivity index (χ2v) is 6.42. The molecule has 0 fully saturated rings. The Morgan fingerprint density at radius 1 is 0.962 bits per heavy atom. The Morgan fingerprint density at radius 2 is 1.65 bits per heavy atom. The third-order valence-electron chi connectivity index (χ3n) is 3.76. The van der Waals surface area contributed by atoms with Crippen molar-refractivity contribution < 1.29 is 19.4 Å². The molecule has 1 N–H and O–H groups in total. The van der Waals surface area contributed by atoms with Crippen LogP contribution >= 0.6 is 23.2 Å². The molecular formula is C20H16Cl2O4. The van der Waals surface area contributed by atoms with E-state index in [0.29, 0.717) is 17.7 Å². The number of ether oxygens (including phenoxy) is 2. The highest BCUT2D eigenvalue weighted by Gasteiger charge is 2.12. The van der Waals surface area contributed by atoms with Gasteiger partial charge in [-0.1, -0.05) is 59.6 Å². The first kappa shape index (κ1) is 18.4. The molecule has 0 amide bonds. The van der Waals surface area contributed by atoms with Crippen LogP contribution in [0.15, 0.2) is 54.6 Å². The minimum atomic E-state index is -0.373. The van der Waals surface area contributed by atoms with Gasteiger partial charge in [-0.15, -0.1) is 0 Å². The summed E-state index contributed by atoms with van der Waals surface area (Å²) in [5, 5.41) is 11.7. The number of phenols is 1. The van der Waals surface area contributed by atoms with Crippen molar-refractivity contribution >= 4 is 39.9 Å². The van der Waals surface area contributed by atoms with Crippen molar-refractivity contribution in [3.05, 3.63) is 70.2 Å². The first-order valence-electron chi connectivity index (χ1n) is 8.02. The molecule has 0 unspecified atom stereocenters. The van der Waals surface area contributed by atoms with Gasteiger partial charge in [0.15, 0.2) is 5.75 Å². The van der Waals surface area contributed by atoms with E-state index in [1.54, 1.807) is 6.07 Å². The number of phenolic OH excluding ortho intramolecular Hbond substituents is 1. The smallest absolute Gasteiger partial charge is 0.338 e. The minimum absolute atomic E-state index is 0.0311. The van der Waals surface area contributed by atoms with Gasteiger partial charge in [0.05, 0.1) is 28.8 Å². The molecule has 0 heterocycles. The first-order valence-corrected chi connectivity index (χ1v) is 8.77. The Morgan fingerprint density at radius 3 is 2.42 bits per heavy atom. The molecule has 26 heavy (non-hydrogen) atoms. The standard InChI is InChI=1S/C20H16Cl2O4/c21-17-11-14(23)12-18(22)19(17)25-9-4-10-26-20(24)16-8-3-6-13-5-1-2-7-15(13)16/h1-3,5-8,11-12,23H,4,9-10H2. The van der Waals surface area contributed by atoms with Crippen molar-refractivity contribution in [1.82, 2.24) is 0 Å². The number of hydrogen-bond donors (Lipinski definition) is 1. The quantitative estimate of drug-likeness (QED) is 0.447. The third kappa shape index (κ3) is 4.21. The second kappa shape index (κ2) is 8.30. The predicted octanol–water partition coefficient (Wildman–Crippen LogP) is 5.48. The molecule has 134 valence electrons. The maximum Gasteiger partial charge on any atom is 0.338 e. The number of carbonyl (C=O) groups excluding carboxylic acids is 1. The van der Waals surface area contributed by atoms with Gasteiger partial charge in [-0.3, -0.25) is 0 Å². The van der Waals surface area contributed by atoms with Gasteiger partial charge in [-0.05, 0) is 16.8 Å². The number of esters is 1. The highest BCUT2D eigenvalue weighted by Crippen LogP contribution is 2.36. The summed E-state index contributed by atoms with van der Waals surface area (Å²) in [6.45, 7) is 0.475. The molecule has 0 spiro atoms. The highest BCUT2D eigenvalue weighted by atomic mass is 35.5. The van der Waals surface area contributed by atoms with Crippen molar-refractivity contribution in [2.45, 2.75) is 6.42 Å². The maximum absolute atomic E-state index is 12.3. The maximum atomic E-state index is 12.3. The monoisotopic (exact) mass is 390 g/mol. The van der Waals surface area contributed by atoms with Gasteiger partial charge in [0.25, 0.3) is 0 Å². The number of aromatic hydroxyl groups is 1. The Balaban J connectivity index is 1.53. The van der Waals surface area contributed by atoms with Crippen molar-refractivity contribution in [3.63, 3.8) is 0 Å². The lowest BCUT2D eigenvalue weighted by Crippen LogP contribution is -2.10. The molecular weight excluding hydrogens is 375 g/mol. The van der Waals surface area contributed by atoms with E-state index < -0.39 is 0 Å². The molecule has 3 rings (SSSR count). The van der Waals surface area contributed by atoms with Crippen LogP contribution in [0.4, 0.5) is 0 Å². The normalized spacial score (nSPS) is 10.7. The first-order chi connectivity index (χ1) is 12.6. The van der Waals surface area contributed by atoms with Gasteiger partial charge < -0.3 is 14.6 Å². The molecule has 0 aromatic heterocycles. The topological polar surface area (TPSA) is 55.8 Å². The highest BCUT2D eigenvalue weighted by molar-refractivity contribution is 6.37. The number of halogens is 2. The SMILES string of the molecule is O=C(OCCCOc1c(Cl)cc(O)cc1Cl)c1cccc2ccccc12. The third-order valence-corrected chi connectivity index (χ3v) is 4.32. The van der Waals surface area contributed by atoms with E-state index >= 15 is 0 Å². The van der Waals surface area contributed by atoms with Gasteiger partial charge in [-0.25, -0.2) is 4.79 Å². The average Bonchev–Trinajstić information content (AvgIpc) is 2.62. The van der Waals surface area contributed by atoms with E-state index in [1.165, 1.54) is 12.1 Å². The molecule has 4 nitrogen and oxygen atoms in total. The van der Waals surface area contributed by atoms with Crippen molar-refractivity contribution in [2.24, 2.45) is 0 Å². The molecule has 0 aliphatic heterocycles. The summed E-state index contributed by atoms with van der Waals surface area (Å²) in [5.41, 5.74) is 0.536. The molecule has 0 atom stereocenters. The van der Waals surface area contributed by atoms with Gasteiger partial charge in [0.1, 0.15) is 5.75 Å². The number of carbonyl (C=O) groups is 1. The van der Waals surface area contributed by atoms with Gasteiger partial charge in [-0.2, -0.15) is 0 Å². The molecule has 0 saturated heterocycles. The van der Waals surface area contributed by atoms with Gasteiger partial charge in [0, 0.05) is 18.6 Å². The van der Waals surface area contributed by atoms with E-state index in [4.69, 9.17) is 32.7 Å². The van der Waals surface area contributed by atoms with Gasteiger partial charge >= 0.3 is 5.97 Å². The molecule has 3 aromatic rings. The van der Waals surface area contributed by atoms with Crippen LogP contribution in [-0.4, -0.2) is 24.3 Å². The van der Waals surface area contributed by atoms with Crippen LogP contribution in [0.1, 0.15) is 16.8 Å². The van der Waals surface area contributed by atoms with E-state index in [-0.39, 0.29) is 35.0 Å². The molecule has 0 radical (unpaired) electrons. The number of fused-ring (bicyclic) bond motifs is 1. The lowest BCUT2D eigenvalue weighted by molar-refractivity contribution is 0.0488. The predicted molar refractivity (Wildman–Crippen MR) is 102 cm³/mol. The Kier molecular flexibility index (Phi) is 5.86. The molecule has 3 aromatic carbocycles. The number of hydrogen-bond acceptors (Lipinski definition) is 4. The largest absolute Gasteiger partial charge is 0.508 e. The number of rotatable bonds is 6. The summed E-state index contributed by atoms with van der Waals surface area (Å²) in [6, 6.07) is 15.9. The van der Waals surface area contributed by atoms with Crippen LogP contribution < -0.4 is 4.74 Å². The second-order valence-electron chi connectivity index (χ2n) is 5.60. The van der Waals surface area contributed by atoms with Crippen molar-refractivity contribution in [1.29, 1.82) is 0 Å². The van der Waals surface area contributed by atoms with E-state index in [1.807, 2.05) is 36.4 Å². The van der Waals surface area contributed by atoms with E-state index in [0.717, 1.165) is 10.8 Å². The fourth-order valence-corrected chi connectivity index (χ4v) is 3.15. The summed E-state index contributed by atoms with van der Waals surface area (Å²) in [7, 11) is 0. The molecule has 0 aliphatic carbocycles. The molecule has 0 bridgehead atoms. The molecule has 0 aliphatic rings. The zero-order valence-corrected chi connectivity index (χ0v) is 15.3. The van der Waals surface area contributed by atoms with E-state index in [2.05, 4.69) is 0 Å². The molecule has 0 saturated carbocycles. The van der Waals surface area contributed by atoms with Crippen molar-refractivity contribution in [2.75, 3.05) is 13.2 Å². The van der Waals surface area contributed by atoms with Crippen LogP contribution in [0, 0.1) is 0 Å². The zero-order chi connectivity index (χ0) is 18.5. The van der Waals surface area contributed by atoms with Gasteiger partial charge in [0.2, 0.25) is 0 Å².